The van der Waals surface area contributed by atoms with E-state index in [0.717, 1.165) is 5.56 Å². The molecule has 1 atom stereocenters. The third-order valence-corrected chi connectivity index (χ3v) is 3.62. The normalized spacial score (nSPS) is 13.5. The first-order valence-corrected chi connectivity index (χ1v) is 7.09. The highest BCUT2D eigenvalue weighted by molar-refractivity contribution is 7.86. The van der Waals surface area contributed by atoms with Crippen LogP contribution in [0.1, 0.15) is 12.5 Å². The van der Waals surface area contributed by atoms with E-state index >= 15 is 0 Å². The number of aliphatic hydroxyl groups is 1. The van der Waals surface area contributed by atoms with Crippen LogP contribution in [0.2, 0.25) is 0 Å². The van der Waals surface area contributed by atoms with Gasteiger partial charge in [0.1, 0.15) is 6.10 Å². The van der Waals surface area contributed by atoms with E-state index in [1.807, 2.05) is 6.92 Å². The summed E-state index contributed by atoms with van der Waals surface area (Å²) in [5.41, 5.74) is 0.969. The molecule has 1 aromatic rings. The molecule has 0 saturated carbocycles. The second-order valence-corrected chi connectivity index (χ2v) is 5.43. The Bertz CT molecular complexity index is 452. The van der Waals surface area contributed by atoms with Gasteiger partial charge in [-0.05, 0) is 26.0 Å². The van der Waals surface area contributed by atoms with Crippen molar-refractivity contribution in [2.75, 3.05) is 19.8 Å². The van der Waals surface area contributed by atoms with Crippen LogP contribution in [0.25, 0.3) is 0 Å². The highest BCUT2D eigenvalue weighted by atomic mass is 32.2. The van der Waals surface area contributed by atoms with Crippen LogP contribution >= 0.6 is 0 Å². The smallest absolute Gasteiger partial charge is 0.297 e. The van der Waals surface area contributed by atoms with Crippen molar-refractivity contribution >= 4 is 10.1 Å². The van der Waals surface area contributed by atoms with Gasteiger partial charge in [-0.3, -0.25) is 4.18 Å². The number of ether oxygens (including phenoxy) is 1. The Morgan fingerprint density at radius 3 is 2.39 bits per heavy atom. The summed E-state index contributed by atoms with van der Waals surface area (Å²) in [4.78, 5) is 0.0984. The number of aliphatic hydroxyl groups excluding tert-OH is 1. The quantitative estimate of drug-likeness (QED) is 0.754. The van der Waals surface area contributed by atoms with Crippen molar-refractivity contribution in [2.24, 2.45) is 0 Å². The summed E-state index contributed by atoms with van der Waals surface area (Å²) >= 11 is 0. The molecule has 0 spiro atoms. The van der Waals surface area contributed by atoms with E-state index in [4.69, 9.17) is 14.0 Å². The first-order valence-electron chi connectivity index (χ1n) is 5.68. The molecule has 0 fully saturated rings. The maximum atomic E-state index is 11.8. The van der Waals surface area contributed by atoms with Crippen molar-refractivity contribution in [1.29, 1.82) is 0 Å². The van der Waals surface area contributed by atoms with Crippen LogP contribution in [0, 0.1) is 6.92 Å². The van der Waals surface area contributed by atoms with E-state index in [1.54, 1.807) is 19.1 Å². The van der Waals surface area contributed by atoms with Crippen molar-refractivity contribution < 1.29 is 22.4 Å². The Hall–Kier alpha value is -0.950. The van der Waals surface area contributed by atoms with E-state index in [-0.39, 0.29) is 18.1 Å². The fourth-order valence-corrected chi connectivity index (χ4v) is 2.26. The lowest BCUT2D eigenvalue weighted by atomic mass is 10.2. The lowest BCUT2D eigenvalue weighted by Crippen LogP contribution is -2.25. The van der Waals surface area contributed by atoms with Crippen LogP contribution in [0.4, 0.5) is 0 Å². The van der Waals surface area contributed by atoms with Crippen molar-refractivity contribution in [2.45, 2.75) is 24.8 Å². The van der Waals surface area contributed by atoms with E-state index in [1.165, 1.54) is 12.1 Å². The van der Waals surface area contributed by atoms with Crippen molar-refractivity contribution in [3.8, 4) is 0 Å². The Balaban J connectivity index is 2.67. The van der Waals surface area contributed by atoms with Gasteiger partial charge in [-0.2, -0.15) is 8.42 Å². The maximum absolute atomic E-state index is 11.8. The third-order valence-electron chi connectivity index (χ3n) is 2.32. The summed E-state index contributed by atoms with van der Waals surface area (Å²) in [6, 6.07) is 6.36. The minimum atomic E-state index is -3.79. The Kier molecular flexibility index (Phi) is 5.74. The summed E-state index contributed by atoms with van der Waals surface area (Å²) in [5.74, 6) is 0. The molecule has 5 nitrogen and oxygen atoms in total. The second-order valence-electron chi connectivity index (χ2n) is 3.81. The molecule has 6 heteroatoms. The lowest BCUT2D eigenvalue weighted by Gasteiger charge is -2.14. The number of aryl methyl sites for hydroxylation is 1. The molecule has 0 bridgehead atoms. The Labute approximate surface area is 107 Å². The average Bonchev–Trinajstić information content (AvgIpc) is 2.35. The van der Waals surface area contributed by atoms with Gasteiger partial charge < -0.3 is 9.84 Å². The molecule has 0 radical (unpaired) electrons. The molecule has 1 N–H and O–H groups in total. The van der Waals surface area contributed by atoms with Gasteiger partial charge in [0.25, 0.3) is 10.1 Å². The largest absolute Gasteiger partial charge is 0.394 e. The summed E-state index contributed by atoms with van der Waals surface area (Å²) in [6.45, 7) is 3.54. The topological polar surface area (TPSA) is 72.8 Å². The van der Waals surface area contributed by atoms with Crippen molar-refractivity contribution in [3.63, 3.8) is 0 Å². The number of benzene rings is 1. The minimum absolute atomic E-state index is 0.0984. The molecular weight excluding hydrogens is 256 g/mol. The molecule has 1 rings (SSSR count). The first-order chi connectivity index (χ1) is 8.49. The minimum Gasteiger partial charge on any atom is -0.394 e. The first kappa shape index (κ1) is 15.1. The van der Waals surface area contributed by atoms with Crippen LogP contribution < -0.4 is 0 Å². The number of hydrogen-bond acceptors (Lipinski definition) is 5. The maximum Gasteiger partial charge on any atom is 0.297 e. The van der Waals surface area contributed by atoms with Gasteiger partial charge in [-0.1, -0.05) is 17.7 Å². The van der Waals surface area contributed by atoms with Gasteiger partial charge in [0.2, 0.25) is 0 Å². The van der Waals surface area contributed by atoms with E-state index in [9.17, 15) is 8.42 Å². The average molecular weight is 274 g/mol. The van der Waals surface area contributed by atoms with Crippen LogP contribution in [0.3, 0.4) is 0 Å². The molecule has 0 aromatic heterocycles. The SMILES string of the molecule is CCOC(CO)COS(=O)(=O)c1ccc(C)cc1. The highest BCUT2D eigenvalue weighted by Crippen LogP contribution is 2.13. The van der Waals surface area contributed by atoms with Crippen LogP contribution in [-0.4, -0.2) is 39.4 Å². The summed E-state index contributed by atoms with van der Waals surface area (Å²) < 4.78 is 33.6. The molecule has 1 unspecified atom stereocenters. The van der Waals surface area contributed by atoms with E-state index in [2.05, 4.69) is 0 Å². The fraction of sp³-hybridized carbons (Fsp3) is 0.500. The van der Waals surface area contributed by atoms with Crippen LogP contribution in [0.5, 0.6) is 0 Å². The van der Waals surface area contributed by atoms with Gasteiger partial charge in [0.15, 0.2) is 0 Å². The Morgan fingerprint density at radius 2 is 1.89 bits per heavy atom. The van der Waals surface area contributed by atoms with Crippen molar-refractivity contribution in [3.05, 3.63) is 29.8 Å². The molecule has 0 aliphatic carbocycles. The molecule has 18 heavy (non-hydrogen) atoms. The lowest BCUT2D eigenvalue weighted by molar-refractivity contribution is -0.00626. The molecule has 0 saturated heterocycles. The zero-order chi connectivity index (χ0) is 13.6. The molecule has 102 valence electrons. The molecule has 1 aromatic carbocycles. The predicted octanol–water partition coefficient (Wildman–Crippen LogP) is 1.10. The Morgan fingerprint density at radius 1 is 1.28 bits per heavy atom. The standard InChI is InChI=1S/C12H18O5S/c1-3-16-11(8-13)9-17-18(14,15)12-6-4-10(2)5-7-12/h4-7,11,13H,3,8-9H2,1-2H3. The molecule has 0 aliphatic heterocycles. The third kappa shape index (κ3) is 4.38. The monoisotopic (exact) mass is 274 g/mol. The molecular formula is C12H18O5S. The highest BCUT2D eigenvalue weighted by Gasteiger charge is 2.18. The predicted molar refractivity (Wildman–Crippen MR) is 66.8 cm³/mol. The van der Waals surface area contributed by atoms with Crippen LogP contribution in [-0.2, 0) is 19.0 Å². The van der Waals surface area contributed by atoms with Gasteiger partial charge in [-0.25, -0.2) is 0 Å². The van der Waals surface area contributed by atoms with Gasteiger partial charge in [-0.15, -0.1) is 0 Å². The molecule has 0 aliphatic rings. The zero-order valence-electron chi connectivity index (χ0n) is 10.5. The van der Waals surface area contributed by atoms with Crippen LogP contribution in [0.15, 0.2) is 29.2 Å². The van der Waals surface area contributed by atoms with E-state index < -0.39 is 16.2 Å². The van der Waals surface area contributed by atoms with E-state index in [0.29, 0.717) is 6.61 Å². The summed E-state index contributed by atoms with van der Waals surface area (Å²) in [5, 5.41) is 8.96. The zero-order valence-corrected chi connectivity index (χ0v) is 11.3. The number of rotatable bonds is 7. The van der Waals surface area contributed by atoms with Gasteiger partial charge in [0, 0.05) is 6.61 Å². The number of hydrogen-bond donors (Lipinski definition) is 1. The molecule has 0 heterocycles. The van der Waals surface area contributed by atoms with Gasteiger partial charge >= 0.3 is 0 Å². The summed E-state index contributed by atoms with van der Waals surface area (Å²) in [7, 11) is -3.79. The second kappa shape index (κ2) is 6.84. The van der Waals surface area contributed by atoms with Gasteiger partial charge in [0.05, 0.1) is 18.1 Å². The summed E-state index contributed by atoms with van der Waals surface area (Å²) in [6.07, 6.45) is -0.629. The van der Waals surface area contributed by atoms with Crippen molar-refractivity contribution in [1.82, 2.24) is 0 Å². The molecule has 0 amide bonds. The fourth-order valence-electron chi connectivity index (χ4n) is 1.33.